The molecule has 0 aliphatic carbocycles. The topological polar surface area (TPSA) is 90.8 Å². The van der Waals surface area contributed by atoms with Crippen molar-refractivity contribution < 1.29 is 19.7 Å². The molecule has 0 aromatic heterocycles. The van der Waals surface area contributed by atoms with Crippen LogP contribution in [0.5, 0.6) is 0 Å². The molecule has 0 saturated carbocycles. The molecule has 6 heteroatoms. The first kappa shape index (κ1) is 14.2. The van der Waals surface area contributed by atoms with Crippen LogP contribution in [0.15, 0.2) is 0 Å². The predicted molar refractivity (Wildman–Crippen MR) is 63.0 cm³/mol. The maximum atomic E-state index is 10.7. The van der Waals surface area contributed by atoms with Crippen LogP contribution in [0.25, 0.3) is 0 Å². The van der Waals surface area contributed by atoms with E-state index in [0.29, 0.717) is 18.9 Å². The van der Waals surface area contributed by atoms with Gasteiger partial charge in [-0.25, -0.2) is 4.79 Å². The fourth-order valence-corrected chi connectivity index (χ4v) is 2.16. The maximum Gasteiger partial charge on any atom is 0.404 e. The van der Waals surface area contributed by atoms with Crippen molar-refractivity contribution in [3.63, 3.8) is 0 Å². The normalized spacial score (nSPS) is 20.8. The second-order valence-corrected chi connectivity index (χ2v) is 4.47. The first-order valence-corrected chi connectivity index (χ1v) is 6.03. The Morgan fingerprint density at radius 1 is 1.47 bits per heavy atom. The van der Waals surface area contributed by atoms with Gasteiger partial charge in [0.2, 0.25) is 0 Å². The van der Waals surface area contributed by atoms with Crippen molar-refractivity contribution in [2.45, 2.75) is 31.4 Å². The van der Waals surface area contributed by atoms with Gasteiger partial charge in [0.05, 0.1) is 12.1 Å². The minimum Gasteiger partial charge on any atom is -0.465 e. The van der Waals surface area contributed by atoms with E-state index in [9.17, 15) is 9.90 Å². The molecular formula is C11H22N2O4. The third-order valence-electron chi connectivity index (χ3n) is 3.11. The lowest BCUT2D eigenvalue weighted by Crippen LogP contribution is -2.47. The molecule has 0 aromatic rings. The zero-order valence-corrected chi connectivity index (χ0v) is 10.2. The summed E-state index contributed by atoms with van der Waals surface area (Å²) in [5.41, 5.74) is 0. The molecule has 1 fully saturated rings. The highest BCUT2D eigenvalue weighted by Crippen LogP contribution is 2.21. The number of likely N-dealkylation sites (N-methyl/N-ethyl adjacent to an activating group) is 1. The lowest BCUT2D eigenvalue weighted by Gasteiger charge is -2.29. The lowest BCUT2D eigenvalue weighted by atomic mass is 9.90. The van der Waals surface area contributed by atoms with Gasteiger partial charge in [-0.2, -0.15) is 0 Å². The molecule has 0 radical (unpaired) electrons. The fourth-order valence-electron chi connectivity index (χ4n) is 2.16. The van der Waals surface area contributed by atoms with Crippen molar-refractivity contribution in [2.24, 2.45) is 5.92 Å². The average Bonchev–Trinajstić information content (AvgIpc) is 2.29. The third kappa shape index (κ3) is 5.34. The average molecular weight is 246 g/mol. The summed E-state index contributed by atoms with van der Waals surface area (Å²) in [6.45, 7) is 1.84. The first-order chi connectivity index (χ1) is 8.13. The number of carbonyl (C=O) groups is 1. The Morgan fingerprint density at radius 3 is 2.65 bits per heavy atom. The number of ether oxygens (including phenoxy) is 1. The van der Waals surface area contributed by atoms with Crippen molar-refractivity contribution in [1.82, 2.24) is 10.6 Å². The maximum absolute atomic E-state index is 10.7. The van der Waals surface area contributed by atoms with Crippen LogP contribution in [0, 0.1) is 5.92 Å². The van der Waals surface area contributed by atoms with Gasteiger partial charge in [0.15, 0.2) is 0 Å². The highest BCUT2D eigenvalue weighted by Gasteiger charge is 2.25. The molecule has 17 heavy (non-hydrogen) atoms. The number of aliphatic hydroxyl groups excluding tert-OH is 1. The molecule has 0 bridgehead atoms. The molecule has 0 aromatic carbocycles. The van der Waals surface area contributed by atoms with E-state index in [4.69, 9.17) is 9.84 Å². The van der Waals surface area contributed by atoms with Gasteiger partial charge in [-0.05, 0) is 32.2 Å². The summed E-state index contributed by atoms with van der Waals surface area (Å²) in [5, 5.41) is 23.9. The van der Waals surface area contributed by atoms with Crippen molar-refractivity contribution in [1.29, 1.82) is 0 Å². The number of rotatable bonds is 6. The monoisotopic (exact) mass is 246 g/mol. The Balaban J connectivity index is 2.45. The number of carboxylic acid groups (broad SMARTS) is 1. The van der Waals surface area contributed by atoms with E-state index >= 15 is 0 Å². The van der Waals surface area contributed by atoms with Gasteiger partial charge in [0, 0.05) is 19.8 Å². The molecule has 4 N–H and O–H groups in total. The van der Waals surface area contributed by atoms with Crippen LogP contribution in [0.2, 0.25) is 0 Å². The number of aliphatic hydroxyl groups is 1. The quantitative estimate of drug-likeness (QED) is 0.530. The van der Waals surface area contributed by atoms with E-state index in [-0.39, 0.29) is 0 Å². The van der Waals surface area contributed by atoms with Gasteiger partial charge in [-0.15, -0.1) is 0 Å². The summed E-state index contributed by atoms with van der Waals surface area (Å²) < 4.78 is 5.26. The molecule has 6 nitrogen and oxygen atoms in total. The SMILES string of the molecule is CNC[C@@H](O)[C@H](CC1CCOCC1)NC(=O)O. The van der Waals surface area contributed by atoms with Gasteiger partial charge in [0.25, 0.3) is 0 Å². The van der Waals surface area contributed by atoms with Gasteiger partial charge in [-0.1, -0.05) is 0 Å². The van der Waals surface area contributed by atoms with E-state index in [2.05, 4.69) is 10.6 Å². The Labute approximate surface area is 101 Å². The standard InChI is InChI=1S/C11H22N2O4/c1-12-7-10(14)9(13-11(15)16)6-8-2-4-17-5-3-8/h8-10,12-14H,2-7H2,1H3,(H,15,16)/t9-,10+/m0/s1. The molecule has 1 amide bonds. The minimum atomic E-state index is -1.09. The zero-order valence-electron chi connectivity index (χ0n) is 10.2. The lowest BCUT2D eigenvalue weighted by molar-refractivity contribution is 0.0478. The summed E-state index contributed by atoms with van der Waals surface area (Å²) in [7, 11) is 1.73. The molecule has 100 valence electrons. The van der Waals surface area contributed by atoms with E-state index in [1.165, 1.54) is 0 Å². The Kier molecular flexibility index (Phi) is 6.25. The van der Waals surface area contributed by atoms with Crippen LogP contribution in [0.1, 0.15) is 19.3 Å². The van der Waals surface area contributed by atoms with E-state index in [1.807, 2.05) is 0 Å². The number of amides is 1. The molecule has 2 atom stereocenters. The molecule has 1 saturated heterocycles. The van der Waals surface area contributed by atoms with Gasteiger partial charge in [-0.3, -0.25) is 0 Å². The summed E-state index contributed by atoms with van der Waals surface area (Å²) >= 11 is 0. The Morgan fingerprint density at radius 2 is 2.12 bits per heavy atom. The highest BCUT2D eigenvalue weighted by molar-refractivity contribution is 5.64. The molecule has 1 aliphatic heterocycles. The van der Waals surface area contributed by atoms with Gasteiger partial charge < -0.3 is 25.6 Å². The molecule has 0 unspecified atom stereocenters. The smallest absolute Gasteiger partial charge is 0.404 e. The largest absolute Gasteiger partial charge is 0.465 e. The van der Waals surface area contributed by atoms with Crippen LogP contribution in [-0.4, -0.2) is 55.3 Å². The van der Waals surface area contributed by atoms with Gasteiger partial charge >= 0.3 is 6.09 Å². The van der Waals surface area contributed by atoms with Crippen LogP contribution in [0.4, 0.5) is 4.79 Å². The summed E-state index contributed by atoms with van der Waals surface area (Å²) in [6.07, 6.45) is 0.753. The summed E-state index contributed by atoms with van der Waals surface area (Å²) in [4.78, 5) is 10.7. The Bertz CT molecular complexity index is 232. The first-order valence-electron chi connectivity index (χ1n) is 6.03. The van der Waals surface area contributed by atoms with Crippen molar-refractivity contribution in [3.8, 4) is 0 Å². The second-order valence-electron chi connectivity index (χ2n) is 4.47. The number of hydrogen-bond donors (Lipinski definition) is 4. The Hall–Kier alpha value is -0.850. The number of hydrogen-bond acceptors (Lipinski definition) is 4. The molecule has 1 aliphatic rings. The fraction of sp³-hybridized carbons (Fsp3) is 0.909. The highest BCUT2D eigenvalue weighted by atomic mass is 16.5. The third-order valence-corrected chi connectivity index (χ3v) is 3.11. The van der Waals surface area contributed by atoms with Crippen molar-refractivity contribution in [3.05, 3.63) is 0 Å². The second kappa shape index (κ2) is 7.47. The summed E-state index contributed by atoms with van der Waals surface area (Å²) in [5.74, 6) is 0.423. The zero-order chi connectivity index (χ0) is 12.7. The van der Waals surface area contributed by atoms with Crippen molar-refractivity contribution in [2.75, 3.05) is 26.8 Å². The predicted octanol–water partition coefficient (Wildman–Crippen LogP) is 0.0196. The van der Waals surface area contributed by atoms with Crippen LogP contribution >= 0.6 is 0 Å². The number of nitrogens with one attached hydrogen (secondary N) is 2. The van der Waals surface area contributed by atoms with E-state index < -0.39 is 18.2 Å². The van der Waals surface area contributed by atoms with E-state index in [1.54, 1.807) is 7.05 Å². The molecule has 1 heterocycles. The van der Waals surface area contributed by atoms with Gasteiger partial charge in [0.1, 0.15) is 0 Å². The molecular weight excluding hydrogens is 224 g/mol. The minimum absolute atomic E-state index is 0.383. The van der Waals surface area contributed by atoms with E-state index in [0.717, 1.165) is 26.1 Å². The van der Waals surface area contributed by atoms with Crippen LogP contribution in [0.3, 0.4) is 0 Å². The molecule has 1 rings (SSSR count). The van der Waals surface area contributed by atoms with Crippen LogP contribution in [-0.2, 0) is 4.74 Å². The molecule has 0 spiro atoms. The summed E-state index contributed by atoms with van der Waals surface area (Å²) in [6, 6.07) is -0.414. The van der Waals surface area contributed by atoms with Crippen molar-refractivity contribution >= 4 is 6.09 Å². The van der Waals surface area contributed by atoms with Crippen LogP contribution < -0.4 is 10.6 Å².